The van der Waals surface area contributed by atoms with E-state index in [4.69, 9.17) is 10.5 Å². The van der Waals surface area contributed by atoms with Crippen LogP contribution in [0.5, 0.6) is 0 Å². The van der Waals surface area contributed by atoms with Crippen LogP contribution in [-0.4, -0.2) is 17.0 Å². The SMILES string of the molecule is CCCCCCC1C[C@@]2(C)C(=CC[C@H]3[C@@H]4CC[C@H]([C@H](C)CCCC(C)C)[C@@]4(C)CC[C@@H]32)CC1(O)OC(N)=O. The van der Waals surface area contributed by atoms with Gasteiger partial charge in [0.1, 0.15) is 0 Å². The Kier molecular flexibility index (Phi) is 9.32. The molecule has 3 N–H and O–H groups in total. The number of nitrogens with two attached hydrogens (primary N) is 1. The number of carbonyl (C=O) groups is 1. The minimum absolute atomic E-state index is 0.0432. The Bertz CT molecular complexity index is 853. The molecule has 4 rings (SSSR count). The van der Waals surface area contributed by atoms with Crippen LogP contribution < -0.4 is 5.73 Å². The van der Waals surface area contributed by atoms with E-state index < -0.39 is 11.9 Å². The van der Waals surface area contributed by atoms with E-state index in [2.05, 4.69) is 47.6 Å². The van der Waals surface area contributed by atoms with Gasteiger partial charge in [0.05, 0.1) is 0 Å². The summed E-state index contributed by atoms with van der Waals surface area (Å²) in [5.74, 6) is 3.25. The van der Waals surface area contributed by atoms with Crippen molar-refractivity contribution >= 4 is 6.09 Å². The Hall–Kier alpha value is -1.03. The van der Waals surface area contributed by atoms with Gasteiger partial charge in [-0.1, -0.05) is 98.1 Å². The number of carbonyl (C=O) groups excluding carboxylic acids is 1. The Labute approximate surface area is 233 Å². The van der Waals surface area contributed by atoms with Gasteiger partial charge >= 0.3 is 6.09 Å². The molecule has 0 aromatic heterocycles. The number of hydrogen-bond donors (Lipinski definition) is 2. The van der Waals surface area contributed by atoms with Gasteiger partial charge in [0, 0.05) is 12.3 Å². The van der Waals surface area contributed by atoms with Gasteiger partial charge in [0.25, 0.3) is 0 Å². The molecule has 3 saturated carbocycles. The number of hydrogen-bond acceptors (Lipinski definition) is 3. The van der Waals surface area contributed by atoms with Gasteiger partial charge < -0.3 is 15.6 Å². The Morgan fingerprint density at radius 3 is 2.53 bits per heavy atom. The maximum absolute atomic E-state index is 11.8. The van der Waals surface area contributed by atoms with Crippen molar-refractivity contribution in [2.45, 2.75) is 144 Å². The van der Waals surface area contributed by atoms with Crippen molar-refractivity contribution in [3.05, 3.63) is 11.6 Å². The zero-order chi connectivity index (χ0) is 27.7. The highest BCUT2D eigenvalue weighted by Gasteiger charge is 2.62. The Morgan fingerprint density at radius 1 is 1.08 bits per heavy atom. The number of aliphatic hydroxyl groups is 1. The first-order valence-electron chi connectivity index (χ1n) is 16.3. The van der Waals surface area contributed by atoms with Gasteiger partial charge in [0.2, 0.25) is 5.79 Å². The molecule has 218 valence electrons. The Balaban J connectivity index is 1.52. The zero-order valence-electron chi connectivity index (χ0n) is 25.6. The molecule has 4 heteroatoms. The number of primary amides is 1. The molecule has 1 amide bonds. The summed E-state index contributed by atoms with van der Waals surface area (Å²) in [6.45, 7) is 14.6. The molecular formula is C34H59NO3. The Morgan fingerprint density at radius 2 is 1.84 bits per heavy atom. The summed E-state index contributed by atoms with van der Waals surface area (Å²) in [5, 5.41) is 11.6. The van der Waals surface area contributed by atoms with Gasteiger partial charge in [0.15, 0.2) is 0 Å². The first-order chi connectivity index (χ1) is 17.9. The minimum atomic E-state index is -1.46. The van der Waals surface area contributed by atoms with E-state index in [9.17, 15) is 9.90 Å². The lowest BCUT2D eigenvalue weighted by molar-refractivity contribution is -0.224. The van der Waals surface area contributed by atoms with Crippen molar-refractivity contribution in [2.75, 3.05) is 0 Å². The molecule has 0 aromatic rings. The first-order valence-corrected chi connectivity index (χ1v) is 16.3. The highest BCUT2D eigenvalue weighted by atomic mass is 16.7. The summed E-state index contributed by atoms with van der Waals surface area (Å²) >= 11 is 0. The molecule has 0 spiro atoms. The van der Waals surface area contributed by atoms with Crippen molar-refractivity contribution in [2.24, 2.45) is 58.0 Å². The molecule has 0 saturated heterocycles. The van der Waals surface area contributed by atoms with Crippen LogP contribution in [0.1, 0.15) is 138 Å². The lowest BCUT2D eigenvalue weighted by atomic mass is 9.45. The summed E-state index contributed by atoms with van der Waals surface area (Å²) in [5.41, 5.74) is 7.36. The monoisotopic (exact) mass is 529 g/mol. The molecule has 0 aromatic carbocycles. The van der Waals surface area contributed by atoms with Crippen LogP contribution in [0, 0.1) is 52.3 Å². The minimum Gasteiger partial charge on any atom is -0.417 e. The maximum atomic E-state index is 11.8. The smallest absolute Gasteiger partial charge is 0.407 e. The number of unbranched alkanes of at least 4 members (excludes halogenated alkanes) is 3. The molecule has 0 aliphatic heterocycles. The van der Waals surface area contributed by atoms with Gasteiger partial charge in [-0.2, -0.15) is 0 Å². The van der Waals surface area contributed by atoms with Crippen LogP contribution in [0.3, 0.4) is 0 Å². The van der Waals surface area contributed by atoms with E-state index in [0.717, 1.165) is 55.3 Å². The van der Waals surface area contributed by atoms with Crippen LogP contribution >= 0.6 is 0 Å². The van der Waals surface area contributed by atoms with E-state index in [-0.39, 0.29) is 11.3 Å². The van der Waals surface area contributed by atoms with Crippen LogP contribution in [0.15, 0.2) is 11.6 Å². The third-order valence-electron chi connectivity index (χ3n) is 12.3. The number of allylic oxidation sites excluding steroid dienone is 1. The predicted octanol–water partition coefficient (Wildman–Crippen LogP) is 9.01. The molecule has 38 heavy (non-hydrogen) atoms. The van der Waals surface area contributed by atoms with Gasteiger partial charge in [-0.15, -0.1) is 0 Å². The fourth-order valence-electron chi connectivity index (χ4n) is 10.3. The molecular weight excluding hydrogens is 470 g/mol. The lowest BCUT2D eigenvalue weighted by Crippen LogP contribution is -2.56. The molecule has 4 aliphatic rings. The molecule has 4 nitrogen and oxygen atoms in total. The molecule has 0 radical (unpaired) electrons. The van der Waals surface area contributed by atoms with Crippen LogP contribution in [0.25, 0.3) is 0 Å². The summed E-state index contributed by atoms with van der Waals surface area (Å²) < 4.78 is 5.50. The maximum Gasteiger partial charge on any atom is 0.407 e. The summed E-state index contributed by atoms with van der Waals surface area (Å²) in [7, 11) is 0. The van der Waals surface area contributed by atoms with Crippen molar-refractivity contribution in [1.82, 2.24) is 0 Å². The van der Waals surface area contributed by atoms with Crippen molar-refractivity contribution in [3.8, 4) is 0 Å². The third-order valence-corrected chi connectivity index (χ3v) is 12.3. The summed E-state index contributed by atoms with van der Waals surface area (Å²) in [6, 6.07) is 0. The predicted molar refractivity (Wildman–Crippen MR) is 156 cm³/mol. The topological polar surface area (TPSA) is 72.6 Å². The van der Waals surface area contributed by atoms with Crippen molar-refractivity contribution in [1.29, 1.82) is 0 Å². The van der Waals surface area contributed by atoms with Crippen LogP contribution in [-0.2, 0) is 4.74 Å². The molecule has 3 fully saturated rings. The van der Waals surface area contributed by atoms with Gasteiger partial charge in [-0.05, 0) is 91.3 Å². The number of rotatable bonds is 11. The third kappa shape index (κ3) is 5.72. The second kappa shape index (κ2) is 11.8. The fraction of sp³-hybridized carbons (Fsp3) is 0.912. The fourth-order valence-corrected chi connectivity index (χ4v) is 10.3. The molecule has 9 atom stereocenters. The average molecular weight is 530 g/mol. The first kappa shape index (κ1) is 29.9. The largest absolute Gasteiger partial charge is 0.417 e. The summed E-state index contributed by atoms with van der Waals surface area (Å²) in [4.78, 5) is 11.8. The number of amides is 1. The van der Waals surface area contributed by atoms with Crippen LogP contribution in [0.2, 0.25) is 0 Å². The lowest BCUT2D eigenvalue weighted by Gasteiger charge is -2.60. The molecule has 2 unspecified atom stereocenters. The second-order valence-electron chi connectivity index (χ2n) is 15.0. The van der Waals surface area contributed by atoms with E-state index in [1.807, 2.05) is 0 Å². The van der Waals surface area contributed by atoms with Crippen molar-refractivity contribution < 1.29 is 14.6 Å². The van der Waals surface area contributed by atoms with Gasteiger partial charge in [-0.3, -0.25) is 0 Å². The van der Waals surface area contributed by atoms with Crippen LogP contribution in [0.4, 0.5) is 4.79 Å². The molecule has 0 heterocycles. The zero-order valence-corrected chi connectivity index (χ0v) is 25.6. The highest BCUT2D eigenvalue weighted by molar-refractivity contribution is 5.65. The second-order valence-corrected chi connectivity index (χ2v) is 15.0. The number of ether oxygens (including phenoxy) is 1. The van der Waals surface area contributed by atoms with Gasteiger partial charge in [-0.25, -0.2) is 4.79 Å². The normalized spacial score (nSPS) is 41.2. The average Bonchev–Trinajstić information content (AvgIpc) is 3.19. The van der Waals surface area contributed by atoms with Crippen molar-refractivity contribution in [3.63, 3.8) is 0 Å². The molecule has 0 bridgehead atoms. The molecule has 4 aliphatic carbocycles. The van der Waals surface area contributed by atoms with E-state index in [0.29, 0.717) is 17.8 Å². The quantitative estimate of drug-likeness (QED) is 0.159. The van der Waals surface area contributed by atoms with E-state index in [1.165, 1.54) is 69.8 Å². The number of fused-ring (bicyclic) bond motifs is 5. The standard InChI is InChI=1S/C34H59NO3/c1-7-8-9-10-14-26-21-33(6)25(22-34(26,37)38-31(35)36)15-16-27-29-18-17-28(24(4)13-11-12-23(2)3)32(29,5)20-19-30(27)33/h15,23-24,26-30,37H,7-14,16-22H2,1-6H3,(H2,35,36)/t24-,26?,27+,28-,29+,30+,32-,33+,34?/m1/s1. The van der Waals surface area contributed by atoms with E-state index in [1.54, 1.807) is 0 Å². The highest BCUT2D eigenvalue weighted by Crippen LogP contribution is 2.68. The summed E-state index contributed by atoms with van der Waals surface area (Å²) in [6.07, 6.45) is 19.2. The van der Waals surface area contributed by atoms with E-state index >= 15 is 0 Å².